The molecule has 0 aliphatic rings. The molecule has 0 fully saturated rings. The lowest BCUT2D eigenvalue weighted by atomic mass is 10.6. The molecule has 0 N–H and O–H groups in total. The minimum Gasteiger partial charge on any atom is -0.156 e. The van der Waals surface area contributed by atoms with Crippen molar-refractivity contribution in [3.8, 4) is 0 Å². The van der Waals surface area contributed by atoms with Crippen LogP contribution in [0.4, 0.5) is 0 Å². The van der Waals surface area contributed by atoms with Gasteiger partial charge in [-0.25, -0.2) is 0 Å². The molecule has 0 unspecified atom stereocenters. The number of rotatable bonds is 2. The Morgan fingerprint density at radius 3 is 1.14 bits per heavy atom. The van der Waals surface area contributed by atoms with Crippen LogP contribution in [0.2, 0.25) is 0 Å². The summed E-state index contributed by atoms with van der Waals surface area (Å²) in [7, 11) is 0. The van der Waals surface area contributed by atoms with Gasteiger partial charge in [-0.1, -0.05) is 27.7 Å². The third kappa shape index (κ3) is 6.35. The highest BCUT2D eigenvalue weighted by Gasteiger charge is 1.95. The molecule has 0 heterocycles. The Labute approximate surface area is 50.7 Å². The zero-order chi connectivity index (χ0) is 5.86. The highest BCUT2D eigenvalue weighted by molar-refractivity contribution is 8.00. The molecule has 0 radical (unpaired) electrons. The molecule has 0 saturated carbocycles. The van der Waals surface area contributed by atoms with E-state index in [1.54, 1.807) is 0 Å². The quantitative estimate of drug-likeness (QED) is 0.537. The molecule has 0 aliphatic carbocycles. The van der Waals surface area contributed by atoms with Crippen molar-refractivity contribution in [2.75, 3.05) is 0 Å². The largest absolute Gasteiger partial charge is 0.156 e. The molecule has 0 amide bonds. The molecule has 0 spiro atoms. The Bertz CT molecular complexity index is 33.4. The third-order valence-electron chi connectivity index (χ3n) is 0.544. The Balaban J connectivity index is 2.95. The van der Waals surface area contributed by atoms with Crippen LogP contribution in [0.15, 0.2) is 0 Å². The van der Waals surface area contributed by atoms with Gasteiger partial charge in [0.25, 0.3) is 0 Å². The van der Waals surface area contributed by atoms with Gasteiger partial charge in [0, 0.05) is 0 Å². The van der Waals surface area contributed by atoms with Gasteiger partial charge in [0.1, 0.15) is 0 Å². The summed E-state index contributed by atoms with van der Waals surface area (Å²) in [6.45, 7) is 8.91. The molecule has 0 aliphatic heterocycles. The average Bonchev–Trinajstić information content (AvgIpc) is 1.27. The Morgan fingerprint density at radius 1 is 0.857 bits per heavy atom. The van der Waals surface area contributed by atoms with Gasteiger partial charge in [0.2, 0.25) is 0 Å². The summed E-state index contributed by atoms with van der Waals surface area (Å²) < 4.78 is 0. The fourth-order valence-electron chi connectivity index (χ4n) is 0.544. The van der Waals surface area contributed by atoms with Gasteiger partial charge in [-0.2, -0.15) is 11.8 Å². The molecule has 0 aromatic carbocycles. The summed E-state index contributed by atoms with van der Waals surface area (Å²) >= 11 is 2.01. The summed E-state index contributed by atoms with van der Waals surface area (Å²) in [6.07, 6.45) is 0. The molecule has 0 atom stereocenters. The zero-order valence-electron chi connectivity index (χ0n) is 5.56. The molecule has 0 aromatic heterocycles. The van der Waals surface area contributed by atoms with Crippen molar-refractivity contribution in [3.63, 3.8) is 0 Å². The van der Waals surface area contributed by atoms with Crippen LogP contribution in [0.3, 0.4) is 0 Å². The van der Waals surface area contributed by atoms with Crippen LogP contribution in [0.25, 0.3) is 0 Å². The standard InChI is InChI=1S/C6H14S/c1-5(2)7-6(3)4/h5-6H,1-4H3. The minimum atomic E-state index is 0.792. The first-order chi connectivity index (χ1) is 3.13. The Hall–Kier alpha value is 0.350. The van der Waals surface area contributed by atoms with Crippen LogP contribution in [0.1, 0.15) is 27.7 Å². The molecule has 0 saturated heterocycles. The highest BCUT2D eigenvalue weighted by atomic mass is 32.2. The highest BCUT2D eigenvalue weighted by Crippen LogP contribution is 2.14. The SMILES string of the molecule is CC(C)SC(C)C. The van der Waals surface area contributed by atoms with Crippen molar-refractivity contribution in [2.45, 2.75) is 38.2 Å². The topological polar surface area (TPSA) is 0 Å². The van der Waals surface area contributed by atoms with Gasteiger partial charge < -0.3 is 0 Å². The fraction of sp³-hybridized carbons (Fsp3) is 1.00. The number of hydrogen-bond donors (Lipinski definition) is 0. The van der Waals surface area contributed by atoms with E-state index in [9.17, 15) is 0 Å². The molecular weight excluding hydrogens is 104 g/mol. The van der Waals surface area contributed by atoms with Gasteiger partial charge in [0.05, 0.1) is 0 Å². The lowest BCUT2D eigenvalue weighted by molar-refractivity contribution is 1.05. The summed E-state index contributed by atoms with van der Waals surface area (Å²) in [5.41, 5.74) is 0. The van der Waals surface area contributed by atoms with E-state index < -0.39 is 0 Å². The van der Waals surface area contributed by atoms with Crippen molar-refractivity contribution in [3.05, 3.63) is 0 Å². The molecule has 1 heteroatoms. The van der Waals surface area contributed by atoms with Gasteiger partial charge in [-0.05, 0) is 10.5 Å². The van der Waals surface area contributed by atoms with E-state index in [0.717, 1.165) is 10.5 Å². The molecular formula is C6H14S. The molecule has 0 rings (SSSR count). The summed E-state index contributed by atoms with van der Waals surface area (Å²) in [6, 6.07) is 0. The minimum absolute atomic E-state index is 0.792. The third-order valence-corrected chi connectivity index (χ3v) is 1.63. The lowest BCUT2D eigenvalue weighted by Crippen LogP contribution is -1.94. The van der Waals surface area contributed by atoms with Crippen molar-refractivity contribution in [1.82, 2.24) is 0 Å². The average molecular weight is 118 g/mol. The smallest absolute Gasteiger partial charge is 0.000711 e. The predicted molar refractivity (Wildman–Crippen MR) is 37.9 cm³/mol. The lowest BCUT2D eigenvalue weighted by Gasteiger charge is -2.05. The van der Waals surface area contributed by atoms with Crippen LogP contribution in [-0.2, 0) is 0 Å². The van der Waals surface area contributed by atoms with E-state index in [1.165, 1.54) is 0 Å². The van der Waals surface area contributed by atoms with Gasteiger partial charge >= 0.3 is 0 Å². The van der Waals surface area contributed by atoms with Gasteiger partial charge in [0.15, 0.2) is 0 Å². The van der Waals surface area contributed by atoms with E-state index in [0.29, 0.717) is 0 Å². The monoisotopic (exact) mass is 118 g/mol. The number of thioether (sulfide) groups is 1. The van der Waals surface area contributed by atoms with E-state index >= 15 is 0 Å². The number of hydrogen-bond acceptors (Lipinski definition) is 1. The van der Waals surface area contributed by atoms with Crippen LogP contribution in [-0.4, -0.2) is 10.5 Å². The van der Waals surface area contributed by atoms with E-state index in [2.05, 4.69) is 27.7 Å². The Morgan fingerprint density at radius 2 is 1.14 bits per heavy atom. The van der Waals surface area contributed by atoms with Crippen molar-refractivity contribution >= 4 is 11.8 Å². The summed E-state index contributed by atoms with van der Waals surface area (Å²) in [4.78, 5) is 0. The second-order valence-electron chi connectivity index (χ2n) is 2.23. The Kier molecular flexibility index (Phi) is 3.53. The maximum absolute atomic E-state index is 2.23. The fourth-order valence-corrected chi connectivity index (χ4v) is 1.63. The van der Waals surface area contributed by atoms with Crippen molar-refractivity contribution < 1.29 is 0 Å². The van der Waals surface area contributed by atoms with Crippen molar-refractivity contribution in [2.24, 2.45) is 0 Å². The van der Waals surface area contributed by atoms with Crippen LogP contribution in [0, 0.1) is 0 Å². The first-order valence-corrected chi connectivity index (χ1v) is 3.72. The summed E-state index contributed by atoms with van der Waals surface area (Å²) in [5, 5.41) is 1.58. The predicted octanol–water partition coefficient (Wildman–Crippen LogP) is 2.54. The van der Waals surface area contributed by atoms with Gasteiger partial charge in [-0.3, -0.25) is 0 Å². The van der Waals surface area contributed by atoms with Crippen LogP contribution in [0.5, 0.6) is 0 Å². The first-order valence-electron chi connectivity index (χ1n) is 2.78. The maximum atomic E-state index is 2.23. The van der Waals surface area contributed by atoms with Crippen molar-refractivity contribution in [1.29, 1.82) is 0 Å². The van der Waals surface area contributed by atoms with E-state index in [-0.39, 0.29) is 0 Å². The molecule has 44 valence electrons. The van der Waals surface area contributed by atoms with E-state index in [1.807, 2.05) is 11.8 Å². The molecule has 7 heavy (non-hydrogen) atoms. The summed E-state index contributed by atoms with van der Waals surface area (Å²) in [5.74, 6) is 0. The van der Waals surface area contributed by atoms with E-state index in [4.69, 9.17) is 0 Å². The molecule has 0 aromatic rings. The molecule has 0 bridgehead atoms. The zero-order valence-corrected chi connectivity index (χ0v) is 6.38. The second-order valence-corrected chi connectivity index (χ2v) is 4.39. The second kappa shape index (κ2) is 3.36. The van der Waals surface area contributed by atoms with Crippen LogP contribution >= 0.6 is 11.8 Å². The normalized spacial score (nSPS) is 11.1. The van der Waals surface area contributed by atoms with Crippen LogP contribution < -0.4 is 0 Å². The maximum Gasteiger partial charge on any atom is -0.000711 e. The first kappa shape index (κ1) is 7.35. The molecule has 0 nitrogen and oxygen atoms in total. The van der Waals surface area contributed by atoms with Gasteiger partial charge in [-0.15, -0.1) is 0 Å².